The van der Waals surface area contributed by atoms with Crippen LogP contribution in [-0.2, 0) is 11.4 Å². The SMILES string of the molecule is CCNCc1cn2ncnc(Nc3cc(C(=O)NOC)ccc3C)c2c1C. The number of fused-ring (bicyclic) bond motifs is 1. The van der Waals surface area contributed by atoms with Crippen molar-refractivity contribution in [1.29, 1.82) is 0 Å². The number of hydroxylamine groups is 1. The van der Waals surface area contributed by atoms with Crippen molar-refractivity contribution in [2.75, 3.05) is 19.0 Å². The van der Waals surface area contributed by atoms with Crippen molar-refractivity contribution >= 4 is 22.9 Å². The van der Waals surface area contributed by atoms with Gasteiger partial charge in [0.25, 0.3) is 5.91 Å². The number of carbonyl (C=O) groups excluding carboxylic acids is 1. The van der Waals surface area contributed by atoms with Crippen LogP contribution >= 0.6 is 0 Å². The predicted molar refractivity (Wildman–Crippen MR) is 104 cm³/mol. The molecule has 0 saturated carbocycles. The third-order valence-corrected chi connectivity index (χ3v) is 4.44. The van der Waals surface area contributed by atoms with Gasteiger partial charge in [-0.2, -0.15) is 5.10 Å². The molecule has 0 unspecified atom stereocenters. The second kappa shape index (κ2) is 8.15. The van der Waals surface area contributed by atoms with Gasteiger partial charge in [0.2, 0.25) is 0 Å². The van der Waals surface area contributed by atoms with Crippen LogP contribution in [0.5, 0.6) is 0 Å². The standard InChI is InChI=1S/C19H24N6O2/c1-5-20-9-15-10-25-17(13(15)3)18(21-11-22-25)23-16-8-14(7-6-12(16)2)19(26)24-27-4/h6-8,10-11,20H,5,9H2,1-4H3,(H,24,26)(H,21,22,23). The molecule has 8 nitrogen and oxygen atoms in total. The number of nitrogens with one attached hydrogen (secondary N) is 3. The van der Waals surface area contributed by atoms with Crippen LogP contribution in [-0.4, -0.2) is 34.2 Å². The Kier molecular flexibility index (Phi) is 5.68. The van der Waals surface area contributed by atoms with E-state index >= 15 is 0 Å². The first kappa shape index (κ1) is 18.8. The van der Waals surface area contributed by atoms with Crippen LogP contribution in [0.25, 0.3) is 5.52 Å². The second-order valence-corrected chi connectivity index (χ2v) is 6.25. The molecule has 142 valence electrons. The first-order chi connectivity index (χ1) is 13.0. The largest absolute Gasteiger partial charge is 0.338 e. The molecule has 0 atom stereocenters. The van der Waals surface area contributed by atoms with Gasteiger partial charge >= 0.3 is 0 Å². The molecule has 0 saturated heterocycles. The average molecular weight is 368 g/mol. The van der Waals surface area contributed by atoms with Crippen molar-refractivity contribution in [3.8, 4) is 0 Å². The summed E-state index contributed by atoms with van der Waals surface area (Å²) in [6.07, 6.45) is 3.53. The number of anilines is 2. The van der Waals surface area contributed by atoms with Crippen molar-refractivity contribution < 1.29 is 9.63 Å². The number of benzene rings is 1. The Morgan fingerprint density at radius 2 is 2.11 bits per heavy atom. The lowest BCUT2D eigenvalue weighted by molar-refractivity contribution is 0.0537. The molecule has 0 aliphatic heterocycles. The van der Waals surface area contributed by atoms with Crippen molar-refractivity contribution in [2.45, 2.75) is 27.3 Å². The van der Waals surface area contributed by atoms with E-state index in [0.717, 1.165) is 35.4 Å². The molecule has 0 radical (unpaired) electrons. The van der Waals surface area contributed by atoms with Crippen LogP contribution in [0, 0.1) is 13.8 Å². The summed E-state index contributed by atoms with van der Waals surface area (Å²) in [6.45, 7) is 7.79. The summed E-state index contributed by atoms with van der Waals surface area (Å²) in [7, 11) is 1.41. The first-order valence-corrected chi connectivity index (χ1v) is 8.78. The van der Waals surface area contributed by atoms with E-state index in [1.807, 2.05) is 23.7 Å². The van der Waals surface area contributed by atoms with Crippen LogP contribution in [0.1, 0.15) is 34.0 Å². The Hall–Kier alpha value is -2.97. The van der Waals surface area contributed by atoms with Gasteiger partial charge in [-0.05, 0) is 49.2 Å². The summed E-state index contributed by atoms with van der Waals surface area (Å²) in [5.41, 5.74) is 7.82. The molecule has 3 N–H and O–H groups in total. The van der Waals surface area contributed by atoms with Gasteiger partial charge in [0.05, 0.1) is 7.11 Å². The summed E-state index contributed by atoms with van der Waals surface area (Å²) in [4.78, 5) is 21.2. The van der Waals surface area contributed by atoms with E-state index in [0.29, 0.717) is 11.4 Å². The third kappa shape index (κ3) is 3.91. The van der Waals surface area contributed by atoms with Crippen LogP contribution in [0.2, 0.25) is 0 Å². The quantitative estimate of drug-likeness (QED) is 0.555. The van der Waals surface area contributed by atoms with Gasteiger partial charge in [-0.1, -0.05) is 13.0 Å². The molecule has 0 spiro atoms. The number of hydrogen-bond donors (Lipinski definition) is 3. The molecule has 2 heterocycles. The predicted octanol–water partition coefficient (Wildman–Crippen LogP) is 2.49. The summed E-state index contributed by atoms with van der Waals surface area (Å²) >= 11 is 0. The number of aromatic nitrogens is 3. The number of amides is 1. The molecular formula is C19H24N6O2. The molecule has 1 aromatic carbocycles. The average Bonchev–Trinajstić information content (AvgIpc) is 2.98. The highest BCUT2D eigenvalue weighted by atomic mass is 16.6. The van der Waals surface area contributed by atoms with Gasteiger partial charge in [-0.25, -0.2) is 15.0 Å². The minimum atomic E-state index is -0.305. The smallest absolute Gasteiger partial charge is 0.274 e. The highest BCUT2D eigenvalue weighted by Crippen LogP contribution is 2.27. The van der Waals surface area contributed by atoms with Gasteiger partial charge < -0.3 is 10.6 Å². The maximum atomic E-state index is 12.0. The van der Waals surface area contributed by atoms with Gasteiger partial charge in [-0.3, -0.25) is 9.63 Å². The van der Waals surface area contributed by atoms with E-state index in [4.69, 9.17) is 4.84 Å². The molecule has 3 aromatic rings. The minimum Gasteiger partial charge on any atom is -0.338 e. The maximum Gasteiger partial charge on any atom is 0.274 e. The van der Waals surface area contributed by atoms with Crippen LogP contribution in [0.15, 0.2) is 30.7 Å². The number of hydrogen-bond acceptors (Lipinski definition) is 6. The van der Waals surface area contributed by atoms with E-state index in [1.54, 1.807) is 12.1 Å². The highest BCUT2D eigenvalue weighted by Gasteiger charge is 2.14. The lowest BCUT2D eigenvalue weighted by Crippen LogP contribution is -2.21. The second-order valence-electron chi connectivity index (χ2n) is 6.25. The van der Waals surface area contributed by atoms with Crippen LogP contribution in [0.4, 0.5) is 11.5 Å². The van der Waals surface area contributed by atoms with Gasteiger partial charge in [-0.15, -0.1) is 0 Å². The molecule has 3 rings (SSSR count). The summed E-state index contributed by atoms with van der Waals surface area (Å²) in [5.74, 6) is 0.387. The molecule has 0 fully saturated rings. The Bertz CT molecular complexity index is 966. The fraction of sp³-hybridized carbons (Fsp3) is 0.316. The number of aryl methyl sites for hydroxylation is 2. The summed E-state index contributed by atoms with van der Waals surface area (Å²) in [6, 6.07) is 5.41. The molecule has 2 aromatic heterocycles. The number of rotatable bonds is 7. The molecule has 0 bridgehead atoms. The first-order valence-electron chi connectivity index (χ1n) is 8.78. The Morgan fingerprint density at radius 3 is 2.85 bits per heavy atom. The van der Waals surface area contributed by atoms with Crippen molar-refractivity contribution in [3.05, 3.63) is 53.0 Å². The maximum absolute atomic E-state index is 12.0. The zero-order valence-corrected chi connectivity index (χ0v) is 16.0. The summed E-state index contributed by atoms with van der Waals surface area (Å²) < 4.78 is 1.83. The molecule has 1 amide bonds. The van der Waals surface area contributed by atoms with E-state index < -0.39 is 0 Å². The Labute approximate surface area is 157 Å². The molecule has 27 heavy (non-hydrogen) atoms. The normalized spacial score (nSPS) is 11.0. The third-order valence-electron chi connectivity index (χ3n) is 4.44. The Morgan fingerprint density at radius 1 is 1.30 bits per heavy atom. The van der Waals surface area contributed by atoms with E-state index in [-0.39, 0.29) is 5.91 Å². The van der Waals surface area contributed by atoms with Crippen molar-refractivity contribution in [3.63, 3.8) is 0 Å². The molecule has 0 aliphatic rings. The van der Waals surface area contributed by atoms with Crippen LogP contribution < -0.4 is 16.1 Å². The molecular weight excluding hydrogens is 344 g/mol. The van der Waals surface area contributed by atoms with Gasteiger partial charge in [0.1, 0.15) is 11.8 Å². The van der Waals surface area contributed by atoms with Crippen molar-refractivity contribution in [1.82, 2.24) is 25.4 Å². The fourth-order valence-electron chi connectivity index (χ4n) is 2.92. The summed E-state index contributed by atoms with van der Waals surface area (Å²) in [5, 5.41) is 11.0. The van der Waals surface area contributed by atoms with E-state index in [9.17, 15) is 4.79 Å². The lowest BCUT2D eigenvalue weighted by atomic mass is 10.1. The van der Waals surface area contributed by atoms with Crippen molar-refractivity contribution in [2.24, 2.45) is 0 Å². The number of nitrogens with zero attached hydrogens (tertiary/aromatic N) is 3. The van der Waals surface area contributed by atoms with Crippen LogP contribution in [0.3, 0.4) is 0 Å². The lowest BCUT2D eigenvalue weighted by Gasteiger charge is -2.12. The van der Waals surface area contributed by atoms with Gasteiger partial charge in [0.15, 0.2) is 5.82 Å². The van der Waals surface area contributed by atoms with E-state index in [1.165, 1.54) is 19.0 Å². The zero-order valence-electron chi connectivity index (χ0n) is 16.0. The fourth-order valence-corrected chi connectivity index (χ4v) is 2.92. The topological polar surface area (TPSA) is 92.6 Å². The minimum absolute atomic E-state index is 0.305. The van der Waals surface area contributed by atoms with E-state index in [2.05, 4.69) is 40.0 Å². The zero-order chi connectivity index (χ0) is 19.4. The van der Waals surface area contributed by atoms with Gasteiger partial charge in [0, 0.05) is 24.0 Å². The molecule has 0 aliphatic carbocycles. The Balaban J connectivity index is 1.98. The monoisotopic (exact) mass is 368 g/mol. The molecule has 8 heteroatoms. The highest BCUT2D eigenvalue weighted by molar-refractivity contribution is 5.95. The number of carbonyl (C=O) groups is 1.